The Hall–Kier alpha value is -3.60. The maximum atomic E-state index is 12.4. The summed E-state index contributed by atoms with van der Waals surface area (Å²) in [5, 5.41) is 0. The van der Waals surface area contributed by atoms with Crippen LogP contribution in [0.25, 0.3) is 0 Å². The van der Waals surface area contributed by atoms with Crippen LogP contribution < -0.4 is 9.47 Å². The molecule has 5 nitrogen and oxygen atoms in total. The number of hydrogen-bond acceptors (Lipinski definition) is 5. The molecule has 0 unspecified atom stereocenters. The zero-order valence-corrected chi connectivity index (χ0v) is 17.7. The lowest BCUT2D eigenvalue weighted by Crippen LogP contribution is -2.11. The van der Waals surface area contributed by atoms with Gasteiger partial charge in [-0.25, -0.2) is 9.59 Å². The second kappa shape index (κ2) is 11.0. The molecule has 3 rings (SSSR count). The summed E-state index contributed by atoms with van der Waals surface area (Å²) in [6, 6.07) is 23.3. The van der Waals surface area contributed by atoms with E-state index in [0.717, 1.165) is 6.42 Å². The first-order valence-corrected chi connectivity index (χ1v) is 10.3. The van der Waals surface area contributed by atoms with E-state index in [4.69, 9.17) is 14.2 Å². The smallest absolute Gasteiger partial charge is 0.343 e. The maximum Gasteiger partial charge on any atom is 0.343 e. The number of ether oxygens (including phenoxy) is 3. The summed E-state index contributed by atoms with van der Waals surface area (Å²) >= 11 is 0. The zero-order valence-electron chi connectivity index (χ0n) is 17.7. The summed E-state index contributed by atoms with van der Waals surface area (Å²) in [6.07, 6.45) is 0.806. The molecule has 0 bridgehead atoms. The third-order valence-electron chi connectivity index (χ3n) is 4.42. The molecule has 160 valence electrons. The topological polar surface area (TPSA) is 61.8 Å². The van der Waals surface area contributed by atoms with Crippen molar-refractivity contribution in [3.05, 3.63) is 95.6 Å². The molecule has 0 N–H and O–H groups in total. The lowest BCUT2D eigenvalue weighted by Gasteiger charge is -2.09. The minimum absolute atomic E-state index is 0.246. The molecule has 31 heavy (non-hydrogen) atoms. The summed E-state index contributed by atoms with van der Waals surface area (Å²) in [5.41, 5.74) is 1.94. The maximum absolute atomic E-state index is 12.4. The van der Waals surface area contributed by atoms with Gasteiger partial charge < -0.3 is 14.2 Å². The van der Waals surface area contributed by atoms with E-state index in [9.17, 15) is 9.59 Å². The van der Waals surface area contributed by atoms with E-state index in [1.165, 1.54) is 11.6 Å². The summed E-state index contributed by atoms with van der Waals surface area (Å²) in [6.45, 7) is 4.81. The Morgan fingerprint density at radius 2 is 1.52 bits per heavy atom. The van der Waals surface area contributed by atoms with Crippen LogP contribution in [0.5, 0.6) is 11.5 Å². The van der Waals surface area contributed by atoms with Crippen LogP contribution in [0.3, 0.4) is 0 Å². The summed E-state index contributed by atoms with van der Waals surface area (Å²) in [7, 11) is 0. The van der Waals surface area contributed by atoms with Gasteiger partial charge >= 0.3 is 11.9 Å². The van der Waals surface area contributed by atoms with Crippen molar-refractivity contribution in [2.45, 2.75) is 20.3 Å². The van der Waals surface area contributed by atoms with Crippen molar-refractivity contribution in [3.63, 3.8) is 0 Å². The summed E-state index contributed by atoms with van der Waals surface area (Å²) in [5.74, 6) is 0.261. The molecule has 0 aromatic heterocycles. The van der Waals surface area contributed by atoms with Crippen molar-refractivity contribution in [2.24, 2.45) is 5.92 Å². The Balaban J connectivity index is 1.53. The van der Waals surface area contributed by atoms with Crippen molar-refractivity contribution in [1.29, 1.82) is 0 Å². The Morgan fingerprint density at radius 1 is 0.774 bits per heavy atom. The third kappa shape index (κ3) is 7.00. The fourth-order valence-corrected chi connectivity index (χ4v) is 2.80. The highest BCUT2D eigenvalue weighted by Gasteiger charge is 2.13. The molecule has 0 heterocycles. The molecule has 0 atom stereocenters. The minimum Gasteiger partial charge on any atom is -0.493 e. The molecule has 0 spiro atoms. The molecular weight excluding hydrogens is 392 g/mol. The van der Waals surface area contributed by atoms with Crippen LogP contribution in [-0.4, -0.2) is 25.2 Å². The van der Waals surface area contributed by atoms with E-state index >= 15 is 0 Å². The average molecular weight is 418 g/mol. The molecule has 3 aromatic carbocycles. The Kier molecular flexibility index (Phi) is 7.82. The first kappa shape index (κ1) is 22.1. The van der Waals surface area contributed by atoms with E-state index in [1.54, 1.807) is 42.5 Å². The number of rotatable bonds is 9. The van der Waals surface area contributed by atoms with Crippen molar-refractivity contribution in [1.82, 2.24) is 0 Å². The largest absolute Gasteiger partial charge is 0.493 e. The van der Waals surface area contributed by atoms with Crippen LogP contribution in [0, 0.1) is 5.92 Å². The van der Waals surface area contributed by atoms with Gasteiger partial charge in [-0.1, -0.05) is 50.2 Å². The first-order valence-electron chi connectivity index (χ1n) is 10.3. The highest BCUT2D eigenvalue weighted by atomic mass is 16.5. The van der Waals surface area contributed by atoms with Gasteiger partial charge in [-0.05, 0) is 53.9 Å². The van der Waals surface area contributed by atoms with E-state index in [0.29, 0.717) is 30.1 Å². The highest BCUT2D eigenvalue weighted by molar-refractivity contribution is 5.92. The Labute approximate surface area is 182 Å². The standard InChI is InChI=1S/C26H26O5/c1-19(2)18-30-25(27)22-9-6-10-24(17-22)31-26(28)21-11-13-23(14-12-21)29-16-15-20-7-4-3-5-8-20/h3-14,17,19H,15-16,18H2,1-2H3. The Morgan fingerprint density at radius 3 is 2.23 bits per heavy atom. The number of carbonyl (C=O) groups is 2. The molecule has 0 aliphatic rings. The van der Waals surface area contributed by atoms with E-state index in [-0.39, 0.29) is 11.7 Å². The van der Waals surface area contributed by atoms with Crippen LogP contribution in [0.4, 0.5) is 0 Å². The van der Waals surface area contributed by atoms with E-state index in [1.807, 2.05) is 32.0 Å². The lowest BCUT2D eigenvalue weighted by molar-refractivity contribution is 0.0457. The Bertz CT molecular complexity index is 994. The molecule has 0 saturated carbocycles. The monoisotopic (exact) mass is 418 g/mol. The number of carbonyl (C=O) groups excluding carboxylic acids is 2. The van der Waals surface area contributed by atoms with Gasteiger partial charge in [0.05, 0.1) is 24.3 Å². The van der Waals surface area contributed by atoms with E-state index < -0.39 is 11.9 Å². The van der Waals surface area contributed by atoms with Gasteiger partial charge in [0.2, 0.25) is 0 Å². The van der Waals surface area contributed by atoms with Crippen LogP contribution in [0.2, 0.25) is 0 Å². The summed E-state index contributed by atoms with van der Waals surface area (Å²) < 4.78 is 16.4. The zero-order chi connectivity index (χ0) is 22.1. The van der Waals surface area contributed by atoms with Gasteiger partial charge in [0, 0.05) is 6.42 Å². The SMILES string of the molecule is CC(C)COC(=O)c1cccc(OC(=O)c2ccc(OCCc3ccccc3)cc2)c1. The van der Waals surface area contributed by atoms with Crippen LogP contribution in [-0.2, 0) is 11.2 Å². The number of esters is 2. The fraction of sp³-hybridized carbons (Fsp3) is 0.231. The number of hydrogen-bond donors (Lipinski definition) is 0. The van der Waals surface area contributed by atoms with Gasteiger partial charge in [0.1, 0.15) is 11.5 Å². The van der Waals surface area contributed by atoms with Gasteiger partial charge in [-0.15, -0.1) is 0 Å². The van der Waals surface area contributed by atoms with Gasteiger partial charge in [-0.3, -0.25) is 0 Å². The number of benzene rings is 3. The summed E-state index contributed by atoms with van der Waals surface area (Å²) in [4.78, 5) is 24.5. The molecule has 0 radical (unpaired) electrons. The normalized spacial score (nSPS) is 10.5. The van der Waals surface area contributed by atoms with Gasteiger partial charge in [-0.2, -0.15) is 0 Å². The van der Waals surface area contributed by atoms with Gasteiger partial charge in [0.25, 0.3) is 0 Å². The molecule has 5 heteroatoms. The lowest BCUT2D eigenvalue weighted by atomic mass is 10.2. The van der Waals surface area contributed by atoms with E-state index in [2.05, 4.69) is 12.1 Å². The van der Waals surface area contributed by atoms with Crippen molar-refractivity contribution < 1.29 is 23.8 Å². The highest BCUT2D eigenvalue weighted by Crippen LogP contribution is 2.18. The predicted molar refractivity (Wildman–Crippen MR) is 119 cm³/mol. The quantitative estimate of drug-likeness (QED) is 0.347. The molecule has 3 aromatic rings. The average Bonchev–Trinajstić information content (AvgIpc) is 2.79. The van der Waals surface area contributed by atoms with Gasteiger partial charge in [0.15, 0.2) is 0 Å². The van der Waals surface area contributed by atoms with Crippen molar-refractivity contribution >= 4 is 11.9 Å². The molecule has 0 amide bonds. The third-order valence-corrected chi connectivity index (χ3v) is 4.42. The second-order valence-electron chi connectivity index (χ2n) is 7.52. The predicted octanol–water partition coefficient (Wildman–Crippen LogP) is 5.34. The second-order valence-corrected chi connectivity index (χ2v) is 7.52. The molecule has 0 aliphatic carbocycles. The van der Waals surface area contributed by atoms with Crippen LogP contribution in [0.15, 0.2) is 78.9 Å². The van der Waals surface area contributed by atoms with Crippen molar-refractivity contribution in [2.75, 3.05) is 13.2 Å². The van der Waals surface area contributed by atoms with Crippen LogP contribution >= 0.6 is 0 Å². The molecule has 0 saturated heterocycles. The van der Waals surface area contributed by atoms with Crippen molar-refractivity contribution in [3.8, 4) is 11.5 Å². The molecule has 0 fully saturated rings. The fourth-order valence-electron chi connectivity index (χ4n) is 2.80. The first-order chi connectivity index (χ1) is 15.0. The minimum atomic E-state index is -0.511. The van der Waals surface area contributed by atoms with Crippen LogP contribution in [0.1, 0.15) is 40.1 Å². The molecular formula is C26H26O5. The molecule has 0 aliphatic heterocycles.